The summed E-state index contributed by atoms with van der Waals surface area (Å²) in [5, 5.41) is 11.8. The second-order valence-electron chi connectivity index (χ2n) is 8.17. The summed E-state index contributed by atoms with van der Waals surface area (Å²) in [6, 6.07) is 8.75. The summed E-state index contributed by atoms with van der Waals surface area (Å²) < 4.78 is 7.57. The van der Waals surface area contributed by atoms with E-state index in [1.54, 1.807) is 0 Å². The van der Waals surface area contributed by atoms with Crippen molar-refractivity contribution in [3.63, 3.8) is 0 Å². The third-order valence-corrected chi connectivity index (χ3v) is 6.08. The van der Waals surface area contributed by atoms with E-state index in [1.807, 2.05) is 6.33 Å². The van der Waals surface area contributed by atoms with Crippen molar-refractivity contribution in [1.82, 2.24) is 29.9 Å². The molecule has 0 saturated carbocycles. The molecule has 0 spiro atoms. The highest BCUT2D eigenvalue weighted by Gasteiger charge is 2.19. The second kappa shape index (κ2) is 13.1. The van der Waals surface area contributed by atoms with Crippen LogP contribution in [0.4, 0.5) is 0 Å². The van der Waals surface area contributed by atoms with Crippen LogP contribution in [0.5, 0.6) is 0 Å². The largest absolute Gasteiger partial charge is 0.379 e. The molecule has 2 aromatic rings. The predicted octanol–water partition coefficient (Wildman–Crippen LogP) is 2.18. The van der Waals surface area contributed by atoms with Crippen molar-refractivity contribution in [2.75, 3.05) is 52.5 Å². The average Bonchev–Trinajstić information content (AvgIpc) is 3.28. The summed E-state index contributed by atoms with van der Waals surface area (Å²) in [6.45, 7) is 11.4. The van der Waals surface area contributed by atoms with Gasteiger partial charge >= 0.3 is 0 Å². The quantitative estimate of drug-likeness (QED) is 0.234. The van der Waals surface area contributed by atoms with Crippen molar-refractivity contribution in [3.8, 4) is 0 Å². The topological polar surface area (TPSA) is 70.8 Å². The molecule has 1 saturated heterocycles. The van der Waals surface area contributed by atoms with E-state index in [-0.39, 0.29) is 24.0 Å². The van der Waals surface area contributed by atoms with Gasteiger partial charge in [0.25, 0.3) is 0 Å². The number of aryl methyl sites for hydroxylation is 1. The van der Waals surface area contributed by atoms with Crippen molar-refractivity contribution in [2.24, 2.45) is 4.99 Å². The number of guanidine groups is 1. The molecule has 9 heteroatoms. The van der Waals surface area contributed by atoms with Crippen LogP contribution < -0.4 is 5.32 Å². The summed E-state index contributed by atoms with van der Waals surface area (Å²) in [4.78, 5) is 9.87. The van der Waals surface area contributed by atoms with Gasteiger partial charge in [-0.15, -0.1) is 34.2 Å². The number of ether oxygens (including phenoxy) is 1. The van der Waals surface area contributed by atoms with Gasteiger partial charge in [-0.3, -0.25) is 9.89 Å². The van der Waals surface area contributed by atoms with Gasteiger partial charge < -0.3 is 19.5 Å². The Labute approximate surface area is 208 Å². The lowest BCUT2D eigenvalue weighted by molar-refractivity contribution is 0.0377. The summed E-state index contributed by atoms with van der Waals surface area (Å²) in [5.41, 5.74) is 2.87. The fourth-order valence-corrected chi connectivity index (χ4v) is 4.28. The van der Waals surface area contributed by atoms with Crippen LogP contribution in [0.1, 0.15) is 30.3 Å². The zero-order chi connectivity index (χ0) is 21.3. The number of halogens is 1. The number of fused-ring (bicyclic) bond motifs is 1. The molecule has 1 aromatic carbocycles. The minimum Gasteiger partial charge on any atom is -0.379 e. The van der Waals surface area contributed by atoms with Crippen molar-refractivity contribution >= 4 is 29.9 Å². The van der Waals surface area contributed by atoms with Gasteiger partial charge in [-0.2, -0.15) is 0 Å². The van der Waals surface area contributed by atoms with Crippen LogP contribution in [-0.4, -0.2) is 83.0 Å². The SMILES string of the molecule is CCc1nncn1CCNC(=NCCCN1CCOCC1)N1CCc2ccccc2C1.I. The van der Waals surface area contributed by atoms with Crippen molar-refractivity contribution in [1.29, 1.82) is 0 Å². The van der Waals surface area contributed by atoms with Crippen molar-refractivity contribution in [2.45, 2.75) is 39.3 Å². The second-order valence-corrected chi connectivity index (χ2v) is 8.17. The lowest BCUT2D eigenvalue weighted by Crippen LogP contribution is -2.45. The molecule has 4 rings (SSSR count). The molecule has 0 unspecified atom stereocenters. The Morgan fingerprint density at radius 2 is 1.94 bits per heavy atom. The predicted molar refractivity (Wildman–Crippen MR) is 138 cm³/mol. The van der Waals surface area contributed by atoms with Crippen LogP contribution in [0.2, 0.25) is 0 Å². The molecule has 8 nitrogen and oxygen atoms in total. The summed E-state index contributed by atoms with van der Waals surface area (Å²) in [7, 11) is 0. The van der Waals surface area contributed by atoms with Gasteiger partial charge in [0.15, 0.2) is 5.96 Å². The highest BCUT2D eigenvalue weighted by molar-refractivity contribution is 14.0. The van der Waals surface area contributed by atoms with Gasteiger partial charge in [0, 0.05) is 58.8 Å². The summed E-state index contributed by atoms with van der Waals surface area (Å²) in [5.74, 6) is 2.04. The smallest absolute Gasteiger partial charge is 0.194 e. The molecule has 0 bridgehead atoms. The molecule has 2 aliphatic heterocycles. The van der Waals surface area contributed by atoms with E-state index >= 15 is 0 Å². The van der Waals surface area contributed by atoms with Gasteiger partial charge in [-0.1, -0.05) is 31.2 Å². The molecule has 2 aliphatic rings. The molecule has 32 heavy (non-hydrogen) atoms. The number of nitrogens with one attached hydrogen (secondary N) is 1. The molecule has 3 heterocycles. The van der Waals surface area contributed by atoms with Crippen molar-refractivity contribution < 1.29 is 4.74 Å². The highest BCUT2D eigenvalue weighted by atomic mass is 127. The Morgan fingerprint density at radius 1 is 1.12 bits per heavy atom. The Balaban J connectivity index is 0.00000289. The van der Waals surface area contributed by atoms with Crippen LogP contribution in [0.25, 0.3) is 0 Å². The average molecular weight is 553 g/mol. The highest BCUT2D eigenvalue weighted by Crippen LogP contribution is 2.18. The third-order valence-electron chi connectivity index (χ3n) is 6.08. The maximum absolute atomic E-state index is 5.45. The molecule has 1 aromatic heterocycles. The van der Waals surface area contributed by atoms with Crippen LogP contribution in [0, 0.1) is 0 Å². The van der Waals surface area contributed by atoms with E-state index in [0.717, 1.165) is 96.6 Å². The number of rotatable bonds is 8. The Hall–Kier alpha value is -1.72. The maximum Gasteiger partial charge on any atom is 0.194 e. The molecule has 0 atom stereocenters. The van der Waals surface area contributed by atoms with Crippen molar-refractivity contribution in [3.05, 3.63) is 47.5 Å². The third kappa shape index (κ3) is 6.89. The molecular formula is C23H36IN7O. The normalized spacial score (nSPS) is 17.0. The van der Waals surface area contributed by atoms with Crippen LogP contribution in [0.3, 0.4) is 0 Å². The Kier molecular flexibility index (Phi) is 10.2. The molecule has 0 aliphatic carbocycles. The number of benzene rings is 1. The first kappa shape index (κ1) is 24.9. The summed E-state index contributed by atoms with van der Waals surface area (Å²) >= 11 is 0. The molecule has 0 amide bonds. The Bertz CT molecular complexity index is 850. The van der Waals surface area contributed by atoms with Gasteiger partial charge in [0.05, 0.1) is 13.2 Å². The van der Waals surface area contributed by atoms with Crippen LogP contribution in [-0.2, 0) is 30.7 Å². The van der Waals surface area contributed by atoms with E-state index in [2.05, 4.69) is 61.1 Å². The van der Waals surface area contributed by atoms with E-state index in [0.29, 0.717) is 0 Å². The monoisotopic (exact) mass is 553 g/mol. The molecule has 1 fully saturated rings. The molecule has 176 valence electrons. The first-order valence-electron chi connectivity index (χ1n) is 11.6. The van der Waals surface area contributed by atoms with Gasteiger partial charge in [0.1, 0.15) is 12.2 Å². The number of morpholine rings is 1. The molecule has 1 N–H and O–H groups in total. The zero-order valence-corrected chi connectivity index (χ0v) is 21.4. The standard InChI is InChI=1S/C23H35N7O.HI/c1-2-22-27-26-19-30(22)13-10-25-23(24-9-5-11-28-14-16-31-17-15-28)29-12-8-20-6-3-4-7-21(20)18-29;/h3-4,6-7,19H,2,5,8-18H2,1H3,(H,24,25);1H. The van der Waals surface area contributed by atoms with E-state index in [9.17, 15) is 0 Å². The number of nitrogens with zero attached hydrogens (tertiary/aromatic N) is 6. The minimum atomic E-state index is 0. The number of aromatic nitrogens is 3. The number of aliphatic imine (C=N–C) groups is 1. The van der Waals surface area contributed by atoms with Gasteiger partial charge in [-0.05, 0) is 24.0 Å². The molecular weight excluding hydrogens is 517 g/mol. The Morgan fingerprint density at radius 3 is 2.75 bits per heavy atom. The van der Waals surface area contributed by atoms with Crippen LogP contribution >= 0.6 is 24.0 Å². The lowest BCUT2D eigenvalue weighted by atomic mass is 10.0. The lowest BCUT2D eigenvalue weighted by Gasteiger charge is -2.32. The van der Waals surface area contributed by atoms with E-state index in [1.165, 1.54) is 11.1 Å². The minimum absolute atomic E-state index is 0. The number of hydrogen-bond donors (Lipinski definition) is 1. The number of hydrogen-bond acceptors (Lipinski definition) is 5. The fraction of sp³-hybridized carbons (Fsp3) is 0.609. The first-order chi connectivity index (χ1) is 15.3. The van der Waals surface area contributed by atoms with E-state index < -0.39 is 0 Å². The van der Waals surface area contributed by atoms with Gasteiger partial charge in [-0.25, -0.2) is 0 Å². The zero-order valence-electron chi connectivity index (χ0n) is 19.1. The van der Waals surface area contributed by atoms with Crippen LogP contribution in [0.15, 0.2) is 35.6 Å². The molecule has 0 radical (unpaired) electrons. The maximum atomic E-state index is 5.45. The summed E-state index contributed by atoms with van der Waals surface area (Å²) in [6.07, 6.45) is 4.85. The fourth-order valence-electron chi connectivity index (χ4n) is 4.28. The first-order valence-corrected chi connectivity index (χ1v) is 11.6. The van der Waals surface area contributed by atoms with Gasteiger partial charge in [0.2, 0.25) is 0 Å². The van der Waals surface area contributed by atoms with E-state index in [4.69, 9.17) is 9.73 Å².